The van der Waals surface area contributed by atoms with E-state index in [2.05, 4.69) is 10.1 Å². The molecule has 0 bridgehead atoms. The summed E-state index contributed by atoms with van der Waals surface area (Å²) in [5.41, 5.74) is -1.47. The van der Waals surface area contributed by atoms with Gasteiger partial charge in [0, 0.05) is 18.0 Å². The zero-order chi connectivity index (χ0) is 16.7. The van der Waals surface area contributed by atoms with Crippen LogP contribution in [0.15, 0.2) is 24.7 Å². The fourth-order valence-corrected chi connectivity index (χ4v) is 1.77. The summed E-state index contributed by atoms with van der Waals surface area (Å²) in [6.07, 6.45) is -7.81. The molecule has 0 aliphatic carbocycles. The number of pyridine rings is 1. The fourth-order valence-electron chi connectivity index (χ4n) is 1.49. The van der Waals surface area contributed by atoms with Gasteiger partial charge >= 0.3 is 18.3 Å². The van der Waals surface area contributed by atoms with Gasteiger partial charge in [-0.2, -0.15) is 36.1 Å². The molecule has 22 heavy (non-hydrogen) atoms. The van der Waals surface area contributed by atoms with Crippen LogP contribution in [0.2, 0.25) is 5.02 Å². The number of halogens is 7. The number of alkyl halides is 6. The predicted octanol–water partition coefficient (Wildman–Crippen LogP) is 3.82. The molecule has 0 N–H and O–H groups in total. The molecule has 4 nitrogen and oxygen atoms in total. The summed E-state index contributed by atoms with van der Waals surface area (Å²) in [5, 5.41) is 2.76. The first kappa shape index (κ1) is 16.3. The van der Waals surface area contributed by atoms with E-state index >= 15 is 0 Å². The zero-order valence-electron chi connectivity index (χ0n) is 10.2. The van der Waals surface area contributed by atoms with E-state index in [0.717, 1.165) is 6.20 Å². The molecule has 0 fully saturated rings. The van der Waals surface area contributed by atoms with Crippen molar-refractivity contribution in [3.63, 3.8) is 0 Å². The van der Waals surface area contributed by atoms with Crippen molar-refractivity contribution in [2.45, 2.75) is 12.4 Å². The molecular weight excluding hydrogens is 340 g/mol. The van der Waals surface area contributed by atoms with Gasteiger partial charge in [0.05, 0.1) is 22.5 Å². The second-order valence-electron chi connectivity index (χ2n) is 4.03. The minimum Gasteiger partial charge on any atom is -0.262 e. The van der Waals surface area contributed by atoms with Crippen molar-refractivity contribution in [2.24, 2.45) is 0 Å². The highest BCUT2D eigenvalue weighted by Gasteiger charge is 2.40. The van der Waals surface area contributed by atoms with Crippen molar-refractivity contribution in [3.8, 4) is 11.3 Å². The third kappa shape index (κ3) is 3.21. The Balaban J connectivity index is 2.38. The van der Waals surface area contributed by atoms with Gasteiger partial charge in [-0.15, -0.1) is 0 Å². The SMILES string of the molecule is O=C(n1cc(-c2ncc(C(F)(F)F)cc2Cl)cn1)C(F)(F)F. The van der Waals surface area contributed by atoms with E-state index in [4.69, 9.17) is 11.6 Å². The highest BCUT2D eigenvalue weighted by atomic mass is 35.5. The molecule has 11 heteroatoms. The van der Waals surface area contributed by atoms with Crippen LogP contribution in [0.5, 0.6) is 0 Å². The van der Waals surface area contributed by atoms with Crippen molar-refractivity contribution in [1.82, 2.24) is 14.8 Å². The summed E-state index contributed by atoms with van der Waals surface area (Å²) in [6.45, 7) is 0. The number of nitrogens with zero attached hydrogens (tertiary/aromatic N) is 3. The number of carbonyl (C=O) groups excluding carboxylic acids is 1. The van der Waals surface area contributed by atoms with E-state index in [9.17, 15) is 31.1 Å². The van der Waals surface area contributed by atoms with E-state index in [1.807, 2.05) is 0 Å². The number of carbonyl (C=O) groups is 1. The van der Waals surface area contributed by atoms with E-state index in [-0.39, 0.29) is 15.9 Å². The Morgan fingerprint density at radius 1 is 1.14 bits per heavy atom. The minimum absolute atomic E-state index is 0.00497. The average molecular weight is 344 g/mol. The Morgan fingerprint density at radius 2 is 1.77 bits per heavy atom. The quantitative estimate of drug-likeness (QED) is 0.740. The van der Waals surface area contributed by atoms with Crippen LogP contribution < -0.4 is 0 Å². The smallest absolute Gasteiger partial charge is 0.262 e. The summed E-state index contributed by atoms with van der Waals surface area (Å²) in [5.74, 6) is -2.25. The van der Waals surface area contributed by atoms with Crippen molar-refractivity contribution in [2.75, 3.05) is 0 Å². The summed E-state index contributed by atoms with van der Waals surface area (Å²) in [6, 6.07) is 0.576. The molecule has 0 amide bonds. The summed E-state index contributed by atoms with van der Waals surface area (Å²) in [4.78, 5) is 14.4. The summed E-state index contributed by atoms with van der Waals surface area (Å²) >= 11 is 5.64. The molecule has 0 atom stereocenters. The van der Waals surface area contributed by atoms with Gasteiger partial charge in [-0.3, -0.25) is 9.78 Å². The van der Waals surface area contributed by atoms with E-state index < -0.39 is 28.8 Å². The van der Waals surface area contributed by atoms with E-state index in [1.165, 1.54) is 0 Å². The number of hydrogen-bond donors (Lipinski definition) is 0. The van der Waals surface area contributed by atoms with Crippen LogP contribution >= 0.6 is 11.6 Å². The minimum atomic E-state index is -5.14. The van der Waals surface area contributed by atoms with Crippen LogP contribution in [0.4, 0.5) is 26.3 Å². The summed E-state index contributed by atoms with van der Waals surface area (Å²) in [7, 11) is 0. The Labute approximate surface area is 123 Å². The lowest BCUT2D eigenvalue weighted by molar-refractivity contribution is -0.137. The maximum absolute atomic E-state index is 12.5. The molecular formula is C11H4ClF6N3O. The van der Waals surface area contributed by atoms with Gasteiger partial charge in [0.2, 0.25) is 0 Å². The lowest BCUT2D eigenvalue weighted by Gasteiger charge is -2.08. The van der Waals surface area contributed by atoms with Gasteiger partial charge in [0.25, 0.3) is 0 Å². The van der Waals surface area contributed by atoms with Crippen molar-refractivity contribution >= 4 is 17.5 Å². The molecule has 2 aromatic rings. The van der Waals surface area contributed by atoms with Crippen LogP contribution in [0.25, 0.3) is 11.3 Å². The molecule has 0 unspecified atom stereocenters. The van der Waals surface area contributed by atoms with Crippen LogP contribution in [0.3, 0.4) is 0 Å². The normalized spacial score (nSPS) is 12.5. The molecule has 0 aromatic carbocycles. The monoisotopic (exact) mass is 343 g/mol. The van der Waals surface area contributed by atoms with Crippen LogP contribution in [0, 0.1) is 0 Å². The fraction of sp³-hybridized carbons (Fsp3) is 0.182. The lowest BCUT2D eigenvalue weighted by atomic mass is 10.2. The van der Waals surface area contributed by atoms with Gasteiger partial charge in [-0.25, -0.2) is 0 Å². The molecule has 2 rings (SSSR count). The standard InChI is InChI=1S/C11H4ClF6N3O/c12-7-1-6(10(13,14)15)3-19-8(7)5-2-20-21(4-5)9(22)11(16,17)18/h1-4H. The number of hydrogen-bond acceptors (Lipinski definition) is 3. The highest BCUT2D eigenvalue weighted by Crippen LogP contribution is 2.34. The van der Waals surface area contributed by atoms with Gasteiger partial charge < -0.3 is 0 Å². The topological polar surface area (TPSA) is 47.8 Å². The largest absolute Gasteiger partial charge is 0.473 e. The third-order valence-corrected chi connectivity index (χ3v) is 2.76. The Hall–Kier alpha value is -2.10. The third-order valence-electron chi connectivity index (χ3n) is 2.48. The van der Waals surface area contributed by atoms with Gasteiger partial charge in [-0.05, 0) is 6.07 Å². The average Bonchev–Trinajstić information content (AvgIpc) is 2.84. The van der Waals surface area contributed by atoms with E-state index in [1.54, 1.807) is 0 Å². The van der Waals surface area contributed by atoms with E-state index in [0.29, 0.717) is 18.5 Å². The molecule has 0 spiro atoms. The number of rotatable bonds is 1. The van der Waals surface area contributed by atoms with Gasteiger partial charge in [0.15, 0.2) is 0 Å². The second kappa shape index (κ2) is 5.27. The maximum atomic E-state index is 12.5. The van der Waals surface area contributed by atoms with Crippen LogP contribution in [-0.2, 0) is 6.18 Å². The van der Waals surface area contributed by atoms with Gasteiger partial charge in [0.1, 0.15) is 0 Å². The second-order valence-corrected chi connectivity index (χ2v) is 4.44. The van der Waals surface area contributed by atoms with Crippen molar-refractivity contribution < 1.29 is 31.1 Å². The molecule has 2 aromatic heterocycles. The van der Waals surface area contributed by atoms with Crippen molar-refractivity contribution in [1.29, 1.82) is 0 Å². The lowest BCUT2D eigenvalue weighted by Crippen LogP contribution is -2.29. The maximum Gasteiger partial charge on any atom is 0.473 e. The van der Waals surface area contributed by atoms with Gasteiger partial charge in [-0.1, -0.05) is 11.6 Å². The first-order chi connectivity index (χ1) is 10.00. The Kier molecular flexibility index (Phi) is 3.90. The highest BCUT2D eigenvalue weighted by molar-refractivity contribution is 6.33. The molecule has 0 saturated heterocycles. The first-order valence-corrected chi connectivity index (χ1v) is 5.77. The van der Waals surface area contributed by atoms with Crippen LogP contribution in [0.1, 0.15) is 10.4 Å². The molecule has 0 aliphatic rings. The predicted molar refractivity (Wildman–Crippen MR) is 62.2 cm³/mol. The zero-order valence-corrected chi connectivity index (χ0v) is 11.0. The molecule has 0 saturated carbocycles. The Bertz CT molecular complexity index is 721. The molecule has 0 radical (unpaired) electrons. The molecule has 118 valence electrons. The molecule has 0 aliphatic heterocycles. The Morgan fingerprint density at radius 3 is 2.27 bits per heavy atom. The first-order valence-electron chi connectivity index (χ1n) is 5.39. The number of aromatic nitrogens is 3. The van der Waals surface area contributed by atoms with Crippen LogP contribution in [-0.4, -0.2) is 26.8 Å². The summed E-state index contributed by atoms with van der Waals surface area (Å²) < 4.78 is 74.1. The molecule has 2 heterocycles. The van der Waals surface area contributed by atoms with Crippen molar-refractivity contribution in [3.05, 3.63) is 35.2 Å².